The first-order chi connectivity index (χ1) is 6.09. The van der Waals surface area contributed by atoms with Gasteiger partial charge in [0.15, 0.2) is 5.78 Å². The van der Waals surface area contributed by atoms with Gasteiger partial charge in [-0.3, -0.25) is 9.59 Å². The first kappa shape index (κ1) is 9.38. The Hall–Kier alpha value is -1.71. The van der Waals surface area contributed by atoms with E-state index in [9.17, 15) is 9.59 Å². The van der Waals surface area contributed by atoms with E-state index in [1.54, 1.807) is 12.1 Å². The van der Waals surface area contributed by atoms with E-state index in [0.29, 0.717) is 11.4 Å². The molecule has 13 heavy (non-hydrogen) atoms. The predicted molar refractivity (Wildman–Crippen MR) is 48.5 cm³/mol. The van der Waals surface area contributed by atoms with E-state index in [1.165, 1.54) is 20.0 Å². The lowest BCUT2D eigenvalue weighted by Gasteiger charge is -2.01. The van der Waals surface area contributed by atoms with Crippen molar-refractivity contribution in [2.75, 3.05) is 5.32 Å². The summed E-state index contributed by atoms with van der Waals surface area (Å²) in [7, 11) is 0. The minimum atomic E-state index is -0.201. The van der Waals surface area contributed by atoms with Crippen molar-refractivity contribution in [2.24, 2.45) is 0 Å². The average molecular weight is 178 g/mol. The minimum absolute atomic E-state index is 0.0472. The van der Waals surface area contributed by atoms with Crippen LogP contribution in [0.2, 0.25) is 0 Å². The highest BCUT2D eigenvalue weighted by molar-refractivity contribution is 5.95. The molecule has 0 aliphatic carbocycles. The quantitative estimate of drug-likeness (QED) is 0.693. The van der Waals surface area contributed by atoms with Crippen LogP contribution in [0.4, 0.5) is 5.82 Å². The number of hydrogen-bond acceptors (Lipinski definition) is 3. The highest BCUT2D eigenvalue weighted by Crippen LogP contribution is 2.06. The second-order valence-corrected chi connectivity index (χ2v) is 2.67. The SMILES string of the molecule is CC(=O)Nc1cc(C(C)=O)ccn1. The number of nitrogens with zero attached hydrogens (tertiary/aromatic N) is 1. The van der Waals surface area contributed by atoms with Crippen molar-refractivity contribution in [2.45, 2.75) is 13.8 Å². The highest BCUT2D eigenvalue weighted by atomic mass is 16.1. The molecular formula is C9H10N2O2. The Morgan fingerprint density at radius 1 is 1.38 bits per heavy atom. The predicted octanol–water partition coefficient (Wildman–Crippen LogP) is 1.24. The van der Waals surface area contributed by atoms with E-state index >= 15 is 0 Å². The lowest BCUT2D eigenvalue weighted by atomic mass is 10.2. The fourth-order valence-electron chi connectivity index (χ4n) is 0.898. The summed E-state index contributed by atoms with van der Waals surface area (Å²) in [5.41, 5.74) is 0.541. The standard InChI is InChI=1S/C9H10N2O2/c1-6(12)8-3-4-10-9(5-8)11-7(2)13/h3-5H,1-2H3,(H,10,11,13). The summed E-state index contributed by atoms with van der Waals surface area (Å²) in [4.78, 5) is 25.5. The average Bonchev–Trinajstić information content (AvgIpc) is 2.03. The van der Waals surface area contributed by atoms with Gasteiger partial charge in [0.2, 0.25) is 5.91 Å². The summed E-state index contributed by atoms with van der Waals surface area (Å²) in [5, 5.41) is 2.50. The second-order valence-electron chi connectivity index (χ2n) is 2.67. The van der Waals surface area contributed by atoms with Crippen molar-refractivity contribution >= 4 is 17.5 Å². The van der Waals surface area contributed by atoms with E-state index in [1.807, 2.05) is 0 Å². The summed E-state index contributed by atoms with van der Waals surface area (Å²) in [5.74, 6) is 0.155. The van der Waals surface area contributed by atoms with Crippen molar-refractivity contribution in [1.82, 2.24) is 4.98 Å². The van der Waals surface area contributed by atoms with Gasteiger partial charge in [-0.15, -0.1) is 0 Å². The molecule has 0 saturated heterocycles. The number of carbonyl (C=O) groups excluding carboxylic acids is 2. The zero-order chi connectivity index (χ0) is 9.84. The van der Waals surface area contributed by atoms with Crippen LogP contribution in [0.25, 0.3) is 0 Å². The molecule has 1 aromatic rings. The Morgan fingerprint density at radius 2 is 2.08 bits per heavy atom. The molecule has 0 aliphatic rings. The molecule has 4 heteroatoms. The lowest BCUT2D eigenvalue weighted by molar-refractivity contribution is -0.114. The summed E-state index contributed by atoms with van der Waals surface area (Å²) in [6.07, 6.45) is 1.49. The van der Waals surface area contributed by atoms with Crippen LogP contribution >= 0.6 is 0 Å². The molecule has 0 bridgehead atoms. The Kier molecular flexibility index (Phi) is 2.74. The monoisotopic (exact) mass is 178 g/mol. The highest BCUT2D eigenvalue weighted by Gasteiger charge is 2.01. The zero-order valence-corrected chi connectivity index (χ0v) is 7.50. The van der Waals surface area contributed by atoms with Crippen molar-refractivity contribution in [3.05, 3.63) is 23.9 Å². The molecule has 1 N–H and O–H groups in total. The first-order valence-electron chi connectivity index (χ1n) is 3.84. The number of pyridine rings is 1. The molecule has 0 fully saturated rings. The van der Waals surface area contributed by atoms with Crippen LogP contribution < -0.4 is 5.32 Å². The fraction of sp³-hybridized carbons (Fsp3) is 0.222. The van der Waals surface area contributed by atoms with E-state index < -0.39 is 0 Å². The molecule has 0 spiro atoms. The van der Waals surface area contributed by atoms with Gasteiger partial charge in [-0.1, -0.05) is 0 Å². The molecule has 0 atom stereocenters. The van der Waals surface area contributed by atoms with Gasteiger partial charge >= 0.3 is 0 Å². The van der Waals surface area contributed by atoms with Crippen LogP contribution in [-0.4, -0.2) is 16.7 Å². The molecule has 0 radical (unpaired) electrons. The molecule has 0 saturated carbocycles. The van der Waals surface area contributed by atoms with Crippen molar-refractivity contribution in [3.8, 4) is 0 Å². The molecule has 0 aromatic carbocycles. The summed E-state index contributed by atoms with van der Waals surface area (Å²) in [6, 6.07) is 3.15. The summed E-state index contributed by atoms with van der Waals surface area (Å²) in [6.45, 7) is 2.86. The maximum atomic E-state index is 10.9. The van der Waals surface area contributed by atoms with Crippen LogP contribution in [0.5, 0.6) is 0 Å². The normalized spacial score (nSPS) is 9.38. The van der Waals surface area contributed by atoms with Crippen LogP contribution in [0.1, 0.15) is 24.2 Å². The second kappa shape index (κ2) is 3.80. The molecule has 0 aliphatic heterocycles. The molecule has 1 heterocycles. The van der Waals surface area contributed by atoms with Gasteiger partial charge in [-0.25, -0.2) is 4.98 Å². The first-order valence-corrected chi connectivity index (χ1v) is 3.84. The molecule has 4 nitrogen and oxygen atoms in total. The largest absolute Gasteiger partial charge is 0.311 e. The number of rotatable bonds is 2. The van der Waals surface area contributed by atoms with Crippen molar-refractivity contribution < 1.29 is 9.59 Å². The van der Waals surface area contributed by atoms with Gasteiger partial charge in [-0.2, -0.15) is 0 Å². The van der Waals surface area contributed by atoms with Crippen molar-refractivity contribution in [3.63, 3.8) is 0 Å². The number of hydrogen-bond donors (Lipinski definition) is 1. The molecular weight excluding hydrogens is 168 g/mol. The Bertz CT molecular complexity index is 347. The van der Waals surface area contributed by atoms with Gasteiger partial charge < -0.3 is 5.32 Å². The Labute approximate surface area is 76.0 Å². The number of nitrogens with one attached hydrogen (secondary N) is 1. The van der Waals surface area contributed by atoms with Crippen LogP contribution in [0.3, 0.4) is 0 Å². The lowest BCUT2D eigenvalue weighted by Crippen LogP contribution is -2.08. The van der Waals surface area contributed by atoms with Gasteiger partial charge in [-0.05, 0) is 19.1 Å². The molecule has 0 unspecified atom stereocenters. The van der Waals surface area contributed by atoms with Crippen LogP contribution in [0.15, 0.2) is 18.3 Å². The summed E-state index contributed by atoms with van der Waals surface area (Å²) >= 11 is 0. The minimum Gasteiger partial charge on any atom is -0.311 e. The number of ketones is 1. The third-order valence-corrected chi connectivity index (χ3v) is 1.47. The maximum Gasteiger partial charge on any atom is 0.222 e. The number of anilines is 1. The molecule has 1 amide bonds. The third-order valence-electron chi connectivity index (χ3n) is 1.47. The number of Topliss-reactive ketones (excluding diaryl/α,β-unsaturated/α-hetero) is 1. The molecule has 68 valence electrons. The third kappa shape index (κ3) is 2.66. The number of carbonyl (C=O) groups is 2. The van der Waals surface area contributed by atoms with E-state index in [0.717, 1.165) is 0 Å². The zero-order valence-electron chi connectivity index (χ0n) is 7.50. The van der Waals surface area contributed by atoms with Gasteiger partial charge in [0.25, 0.3) is 0 Å². The topological polar surface area (TPSA) is 59.1 Å². The van der Waals surface area contributed by atoms with Crippen LogP contribution in [0, 0.1) is 0 Å². The molecule has 1 rings (SSSR count). The summed E-state index contributed by atoms with van der Waals surface area (Å²) < 4.78 is 0. The smallest absolute Gasteiger partial charge is 0.222 e. The number of amides is 1. The number of aromatic nitrogens is 1. The van der Waals surface area contributed by atoms with Gasteiger partial charge in [0.1, 0.15) is 5.82 Å². The van der Waals surface area contributed by atoms with E-state index in [4.69, 9.17) is 0 Å². The van der Waals surface area contributed by atoms with E-state index in [2.05, 4.69) is 10.3 Å². The Balaban J connectivity index is 2.91. The maximum absolute atomic E-state index is 10.9. The van der Waals surface area contributed by atoms with Gasteiger partial charge in [0.05, 0.1) is 0 Å². The van der Waals surface area contributed by atoms with E-state index in [-0.39, 0.29) is 11.7 Å². The molecule has 1 aromatic heterocycles. The van der Waals surface area contributed by atoms with Crippen molar-refractivity contribution in [1.29, 1.82) is 0 Å². The van der Waals surface area contributed by atoms with Gasteiger partial charge in [0, 0.05) is 18.7 Å². The Morgan fingerprint density at radius 3 is 2.62 bits per heavy atom. The fourth-order valence-corrected chi connectivity index (χ4v) is 0.898. The van der Waals surface area contributed by atoms with Crippen LogP contribution in [-0.2, 0) is 4.79 Å².